The topological polar surface area (TPSA) is 119 Å². The van der Waals surface area contributed by atoms with Crippen molar-refractivity contribution in [3.05, 3.63) is 93.7 Å². The van der Waals surface area contributed by atoms with E-state index in [0.717, 1.165) is 18.4 Å². The van der Waals surface area contributed by atoms with Crippen molar-refractivity contribution in [1.82, 2.24) is 5.32 Å². The molecule has 0 aliphatic heterocycles. The molecule has 0 bridgehead atoms. The molecule has 210 valence electrons. The lowest BCUT2D eigenvalue weighted by Gasteiger charge is -2.26. The van der Waals surface area contributed by atoms with E-state index in [1.54, 1.807) is 35.2 Å². The second-order valence-electron chi connectivity index (χ2n) is 9.86. The molecule has 1 fully saturated rings. The largest absolute Gasteiger partial charge is 0.479 e. The lowest BCUT2D eigenvalue weighted by Crippen LogP contribution is -2.36. The molecule has 1 aliphatic rings. The molecule has 4 rings (SSSR count). The summed E-state index contributed by atoms with van der Waals surface area (Å²) in [7, 11) is 0. The number of aliphatic carboxylic acids is 1. The van der Waals surface area contributed by atoms with Gasteiger partial charge in [-0.15, -0.1) is 0 Å². The Morgan fingerprint density at radius 3 is 2.27 bits per heavy atom. The number of nitrogens with zero attached hydrogens (tertiary/aromatic N) is 1. The van der Waals surface area contributed by atoms with Gasteiger partial charge in [-0.1, -0.05) is 59.5 Å². The number of hydrogen-bond donors (Lipinski definition) is 4. The van der Waals surface area contributed by atoms with Gasteiger partial charge in [0.2, 0.25) is 0 Å². The molecule has 0 unspecified atom stereocenters. The molecule has 3 aromatic rings. The Balaban J connectivity index is 1.52. The number of anilines is 2. The van der Waals surface area contributed by atoms with E-state index in [1.165, 1.54) is 37.0 Å². The van der Waals surface area contributed by atoms with Gasteiger partial charge >= 0.3 is 12.0 Å². The number of halogens is 2. The maximum Gasteiger partial charge on any atom is 0.334 e. The zero-order valence-corrected chi connectivity index (χ0v) is 23.4. The van der Waals surface area contributed by atoms with Crippen LogP contribution in [0.25, 0.3) is 0 Å². The number of carboxylic acid groups (broad SMARTS) is 1. The molecule has 0 saturated heterocycles. The minimum atomic E-state index is -1.70. The summed E-state index contributed by atoms with van der Waals surface area (Å²) in [6.07, 6.45) is 4.33. The summed E-state index contributed by atoms with van der Waals surface area (Å²) in [4.78, 5) is 38.1. The van der Waals surface area contributed by atoms with Crippen LogP contribution in [0.3, 0.4) is 0 Å². The molecule has 0 spiro atoms. The van der Waals surface area contributed by atoms with Crippen LogP contribution < -0.4 is 15.5 Å². The number of carbonyl (C=O) groups is 3. The highest BCUT2D eigenvalue weighted by Crippen LogP contribution is 2.33. The van der Waals surface area contributed by atoms with Crippen LogP contribution in [-0.4, -0.2) is 40.8 Å². The Morgan fingerprint density at radius 1 is 0.975 bits per heavy atom. The van der Waals surface area contributed by atoms with Crippen molar-refractivity contribution in [2.24, 2.45) is 0 Å². The van der Waals surface area contributed by atoms with Gasteiger partial charge < -0.3 is 20.8 Å². The van der Waals surface area contributed by atoms with Crippen LogP contribution in [0.1, 0.15) is 59.5 Å². The molecule has 0 radical (unpaired) electrons. The van der Waals surface area contributed by atoms with Crippen LogP contribution in [0.5, 0.6) is 0 Å². The number of carboxylic acids is 1. The van der Waals surface area contributed by atoms with Crippen molar-refractivity contribution in [3.8, 4) is 0 Å². The first-order valence-corrected chi connectivity index (χ1v) is 13.9. The fourth-order valence-electron chi connectivity index (χ4n) is 4.78. The van der Waals surface area contributed by atoms with E-state index < -0.39 is 36.4 Å². The number of carbonyl (C=O) groups excluding carboxylic acids is 2. The molecule has 10 heteroatoms. The summed E-state index contributed by atoms with van der Waals surface area (Å²) < 4.78 is 14.4. The van der Waals surface area contributed by atoms with E-state index in [1.807, 2.05) is 12.1 Å². The van der Waals surface area contributed by atoms with Gasteiger partial charge in [-0.25, -0.2) is 14.0 Å². The van der Waals surface area contributed by atoms with Crippen LogP contribution in [0.15, 0.2) is 71.2 Å². The summed E-state index contributed by atoms with van der Waals surface area (Å²) in [5, 5.41) is 23.3. The molecular weight excluding hydrogens is 581 g/mol. The van der Waals surface area contributed by atoms with Crippen LogP contribution in [0, 0.1) is 5.82 Å². The number of urea groups is 1. The number of rotatable bonds is 9. The molecule has 0 aromatic heterocycles. The van der Waals surface area contributed by atoms with E-state index in [-0.39, 0.29) is 12.1 Å². The van der Waals surface area contributed by atoms with Crippen molar-refractivity contribution in [2.75, 3.05) is 16.8 Å². The summed E-state index contributed by atoms with van der Waals surface area (Å²) in [5.74, 6) is -1.93. The van der Waals surface area contributed by atoms with Crippen molar-refractivity contribution in [3.63, 3.8) is 0 Å². The first-order chi connectivity index (χ1) is 19.2. The third-order valence-electron chi connectivity index (χ3n) is 6.94. The standard InChI is InChI=1S/C30H31BrFN3O5/c31-23-14-24(32)16-25(15-23)34-30(40)35(26-12-10-21(11-13-26)20-4-2-1-3-5-20)18-19-6-8-22(9-7-19)28(37)33-17-27(36)29(38)39/h6-16,20,27,36H,1-5,17-18H2,(H,33,37)(H,34,40)(H,38,39)/t27-/m1/s1. The van der Waals surface area contributed by atoms with E-state index in [4.69, 9.17) is 5.11 Å². The first kappa shape index (κ1) is 29.2. The second kappa shape index (κ2) is 13.5. The average molecular weight is 612 g/mol. The minimum absolute atomic E-state index is 0.171. The molecule has 3 amide bonds. The highest BCUT2D eigenvalue weighted by molar-refractivity contribution is 9.10. The van der Waals surface area contributed by atoms with Crippen LogP contribution in [-0.2, 0) is 11.3 Å². The monoisotopic (exact) mass is 611 g/mol. The number of hydrogen-bond acceptors (Lipinski definition) is 4. The minimum Gasteiger partial charge on any atom is -0.479 e. The lowest BCUT2D eigenvalue weighted by atomic mass is 9.84. The van der Waals surface area contributed by atoms with Gasteiger partial charge in [-0.05, 0) is 72.4 Å². The van der Waals surface area contributed by atoms with E-state index >= 15 is 0 Å². The Morgan fingerprint density at radius 2 is 1.65 bits per heavy atom. The van der Waals surface area contributed by atoms with Gasteiger partial charge in [0.1, 0.15) is 5.82 Å². The third-order valence-corrected chi connectivity index (χ3v) is 7.40. The fourth-order valence-corrected chi connectivity index (χ4v) is 5.25. The number of amides is 3. The number of nitrogens with one attached hydrogen (secondary N) is 2. The smallest absolute Gasteiger partial charge is 0.334 e. The van der Waals surface area contributed by atoms with Gasteiger partial charge in [-0.3, -0.25) is 9.69 Å². The van der Waals surface area contributed by atoms with Gasteiger partial charge in [0.25, 0.3) is 5.91 Å². The normalized spacial score (nSPS) is 14.3. The molecular formula is C30H31BrFN3O5. The fraction of sp³-hybridized carbons (Fsp3) is 0.300. The molecule has 40 heavy (non-hydrogen) atoms. The van der Waals surface area contributed by atoms with Crippen molar-refractivity contribution in [2.45, 2.75) is 50.7 Å². The van der Waals surface area contributed by atoms with Crippen LogP contribution in [0.4, 0.5) is 20.6 Å². The molecule has 1 atom stereocenters. The molecule has 4 N–H and O–H groups in total. The predicted octanol–water partition coefficient (Wildman–Crippen LogP) is 6.05. The number of aliphatic hydroxyl groups excluding tert-OH is 1. The van der Waals surface area contributed by atoms with E-state index in [9.17, 15) is 23.9 Å². The Bertz CT molecular complexity index is 1320. The quantitative estimate of drug-likeness (QED) is 0.235. The van der Waals surface area contributed by atoms with Gasteiger partial charge in [-0.2, -0.15) is 0 Å². The SMILES string of the molecule is O=C(NC[C@@H](O)C(=O)O)c1ccc(CN(C(=O)Nc2cc(F)cc(Br)c2)c2ccc(C3CCCCC3)cc2)cc1. The molecule has 1 aliphatic carbocycles. The third kappa shape index (κ3) is 7.89. The molecule has 3 aromatic carbocycles. The Hall–Kier alpha value is -3.76. The highest BCUT2D eigenvalue weighted by atomic mass is 79.9. The van der Waals surface area contributed by atoms with Crippen molar-refractivity contribution in [1.29, 1.82) is 0 Å². The maximum absolute atomic E-state index is 13.9. The predicted molar refractivity (Wildman–Crippen MR) is 154 cm³/mol. The Kier molecular flexibility index (Phi) is 9.89. The molecule has 1 saturated carbocycles. The second-order valence-corrected chi connectivity index (χ2v) is 10.8. The van der Waals surface area contributed by atoms with E-state index in [2.05, 4.69) is 38.7 Å². The van der Waals surface area contributed by atoms with Crippen molar-refractivity contribution < 1.29 is 29.0 Å². The zero-order chi connectivity index (χ0) is 28.6. The summed E-state index contributed by atoms with van der Waals surface area (Å²) in [5.41, 5.74) is 3.22. The lowest BCUT2D eigenvalue weighted by molar-refractivity contribution is -0.146. The maximum atomic E-state index is 13.9. The van der Waals surface area contributed by atoms with Crippen LogP contribution >= 0.6 is 15.9 Å². The van der Waals surface area contributed by atoms with Gasteiger partial charge in [0.05, 0.1) is 13.1 Å². The van der Waals surface area contributed by atoms with E-state index in [0.29, 0.717) is 21.8 Å². The van der Waals surface area contributed by atoms with Gasteiger partial charge in [0, 0.05) is 21.4 Å². The highest BCUT2D eigenvalue weighted by Gasteiger charge is 2.20. The number of aliphatic hydroxyl groups is 1. The van der Waals surface area contributed by atoms with Gasteiger partial charge in [0.15, 0.2) is 6.10 Å². The summed E-state index contributed by atoms with van der Waals surface area (Å²) in [6, 6.07) is 18.2. The zero-order valence-electron chi connectivity index (χ0n) is 21.8. The summed E-state index contributed by atoms with van der Waals surface area (Å²) in [6.45, 7) is -0.248. The van der Waals surface area contributed by atoms with Crippen molar-refractivity contribution >= 4 is 45.2 Å². The summed E-state index contributed by atoms with van der Waals surface area (Å²) >= 11 is 3.25. The first-order valence-electron chi connectivity index (χ1n) is 13.1. The molecule has 0 heterocycles. The number of benzene rings is 3. The Labute approximate surface area is 240 Å². The average Bonchev–Trinajstić information content (AvgIpc) is 2.94. The van der Waals surface area contributed by atoms with Crippen LogP contribution in [0.2, 0.25) is 0 Å². The molecule has 8 nitrogen and oxygen atoms in total.